The third kappa shape index (κ3) is 3.57. The maximum Gasteiger partial charge on any atom is 0.101 e. The van der Waals surface area contributed by atoms with Crippen LogP contribution in [0.15, 0.2) is 23.4 Å². The van der Waals surface area contributed by atoms with Gasteiger partial charge in [0.15, 0.2) is 0 Å². The molecule has 0 radical (unpaired) electrons. The molecule has 0 amide bonds. The van der Waals surface area contributed by atoms with E-state index in [-0.39, 0.29) is 0 Å². The normalized spacial score (nSPS) is 12.1. The molecule has 0 saturated heterocycles. The van der Waals surface area contributed by atoms with Gasteiger partial charge in [-0.2, -0.15) is 5.26 Å². The van der Waals surface area contributed by atoms with E-state index >= 15 is 0 Å². The summed E-state index contributed by atoms with van der Waals surface area (Å²) in [7, 11) is 0. The van der Waals surface area contributed by atoms with Crippen LogP contribution in [-0.4, -0.2) is 16.1 Å². The topological polar surface area (TPSA) is 36.7 Å². The molecule has 74 valence electrons. The van der Waals surface area contributed by atoms with Gasteiger partial charge in [-0.25, -0.2) is 4.98 Å². The minimum absolute atomic E-state index is 0.466. The fourth-order valence-corrected chi connectivity index (χ4v) is 2.30. The average Bonchev–Trinajstić information content (AvgIpc) is 2.19. The van der Waals surface area contributed by atoms with Gasteiger partial charge in [-0.1, -0.05) is 6.92 Å². The van der Waals surface area contributed by atoms with Crippen molar-refractivity contribution < 1.29 is 0 Å². The lowest BCUT2D eigenvalue weighted by atomic mass is 10.3. The quantitative estimate of drug-likeness (QED) is 0.585. The molecule has 1 aromatic rings. The van der Waals surface area contributed by atoms with Crippen molar-refractivity contribution >= 4 is 23.4 Å². The fourth-order valence-electron chi connectivity index (χ4n) is 0.935. The minimum Gasteiger partial charge on any atom is -0.249 e. The van der Waals surface area contributed by atoms with Crippen molar-refractivity contribution in [3.05, 3.63) is 23.9 Å². The third-order valence-corrected chi connectivity index (χ3v) is 3.04. The number of hydrogen-bond acceptors (Lipinski definition) is 3. The number of nitriles is 1. The van der Waals surface area contributed by atoms with Gasteiger partial charge in [0.25, 0.3) is 0 Å². The van der Waals surface area contributed by atoms with E-state index in [4.69, 9.17) is 16.9 Å². The number of alkyl halides is 1. The van der Waals surface area contributed by atoms with Gasteiger partial charge in [0.05, 0.1) is 10.6 Å². The summed E-state index contributed by atoms with van der Waals surface area (Å²) >= 11 is 7.32. The molecule has 0 aromatic carbocycles. The Morgan fingerprint density at radius 1 is 1.64 bits per heavy atom. The van der Waals surface area contributed by atoms with Crippen LogP contribution in [0.3, 0.4) is 0 Å². The molecule has 0 aliphatic heterocycles. The van der Waals surface area contributed by atoms with Crippen LogP contribution in [0.1, 0.15) is 18.9 Å². The number of thioether (sulfide) groups is 1. The monoisotopic (exact) mass is 226 g/mol. The van der Waals surface area contributed by atoms with Crippen LogP contribution in [0, 0.1) is 11.3 Å². The van der Waals surface area contributed by atoms with Crippen LogP contribution in [0.4, 0.5) is 0 Å². The Kier molecular flexibility index (Phi) is 4.78. The molecule has 4 heteroatoms. The van der Waals surface area contributed by atoms with Crippen LogP contribution in [0.25, 0.3) is 0 Å². The fraction of sp³-hybridized carbons (Fsp3) is 0.400. The van der Waals surface area contributed by atoms with Gasteiger partial charge in [0, 0.05) is 17.3 Å². The maximum atomic E-state index is 8.58. The van der Waals surface area contributed by atoms with Crippen molar-refractivity contribution in [3.63, 3.8) is 0 Å². The van der Waals surface area contributed by atoms with Crippen molar-refractivity contribution in [2.45, 2.75) is 23.6 Å². The van der Waals surface area contributed by atoms with Crippen molar-refractivity contribution in [2.75, 3.05) is 5.88 Å². The Labute approximate surface area is 93.3 Å². The van der Waals surface area contributed by atoms with Crippen molar-refractivity contribution in [1.29, 1.82) is 5.26 Å². The summed E-state index contributed by atoms with van der Waals surface area (Å²) in [6.07, 6.45) is 2.56. The Morgan fingerprint density at radius 2 is 2.43 bits per heavy atom. The zero-order valence-electron chi connectivity index (χ0n) is 7.90. The summed E-state index contributed by atoms with van der Waals surface area (Å²) in [6, 6.07) is 5.69. The predicted octanol–water partition coefficient (Wildman–Crippen LogP) is 3.06. The van der Waals surface area contributed by atoms with Crippen LogP contribution >= 0.6 is 23.4 Å². The van der Waals surface area contributed by atoms with Crippen molar-refractivity contribution in [1.82, 2.24) is 4.98 Å². The summed E-state index contributed by atoms with van der Waals surface area (Å²) in [5.74, 6) is 0.671. The van der Waals surface area contributed by atoms with Gasteiger partial charge in [0.1, 0.15) is 6.07 Å². The first kappa shape index (κ1) is 11.4. The molecule has 1 rings (SSSR count). The summed E-state index contributed by atoms with van der Waals surface area (Å²) < 4.78 is 0. The molecule has 0 fully saturated rings. The molecule has 1 atom stereocenters. The van der Waals surface area contributed by atoms with E-state index in [1.165, 1.54) is 0 Å². The molecule has 1 aromatic heterocycles. The lowest BCUT2D eigenvalue weighted by Gasteiger charge is -2.07. The number of rotatable bonds is 4. The Hall–Kier alpha value is -0.720. The Balaban J connectivity index is 2.56. The number of halogens is 1. The first-order valence-electron chi connectivity index (χ1n) is 4.35. The SMILES string of the molecule is CC(CCCl)Sc1ccc(C#N)cn1. The van der Waals surface area contributed by atoms with E-state index in [1.807, 2.05) is 12.1 Å². The third-order valence-electron chi connectivity index (χ3n) is 1.70. The molecule has 2 nitrogen and oxygen atoms in total. The molecule has 0 spiro atoms. The summed E-state index contributed by atoms with van der Waals surface area (Å²) in [4.78, 5) is 4.17. The van der Waals surface area contributed by atoms with E-state index in [2.05, 4.69) is 11.9 Å². The maximum absolute atomic E-state index is 8.58. The van der Waals surface area contributed by atoms with E-state index in [9.17, 15) is 0 Å². The molecule has 1 heterocycles. The number of hydrogen-bond donors (Lipinski definition) is 0. The lowest BCUT2D eigenvalue weighted by molar-refractivity contribution is 0.907. The highest BCUT2D eigenvalue weighted by molar-refractivity contribution is 7.99. The van der Waals surface area contributed by atoms with Crippen LogP contribution in [0.2, 0.25) is 0 Å². The highest BCUT2D eigenvalue weighted by Gasteiger charge is 2.04. The molecule has 0 saturated carbocycles. The Bertz CT molecular complexity index is 318. The second-order valence-corrected chi connectivity index (χ2v) is 4.74. The molecule has 1 unspecified atom stereocenters. The minimum atomic E-state index is 0.466. The highest BCUT2D eigenvalue weighted by atomic mass is 35.5. The Morgan fingerprint density at radius 3 is 2.93 bits per heavy atom. The average molecular weight is 227 g/mol. The van der Waals surface area contributed by atoms with Gasteiger partial charge < -0.3 is 0 Å². The molecule has 0 N–H and O–H groups in total. The van der Waals surface area contributed by atoms with Crippen LogP contribution in [0.5, 0.6) is 0 Å². The van der Waals surface area contributed by atoms with Crippen molar-refractivity contribution in [3.8, 4) is 6.07 Å². The van der Waals surface area contributed by atoms with Gasteiger partial charge in [-0.05, 0) is 18.6 Å². The van der Waals surface area contributed by atoms with E-state index in [0.29, 0.717) is 16.7 Å². The number of aromatic nitrogens is 1. The van der Waals surface area contributed by atoms with Crippen LogP contribution < -0.4 is 0 Å². The van der Waals surface area contributed by atoms with Gasteiger partial charge >= 0.3 is 0 Å². The van der Waals surface area contributed by atoms with E-state index in [1.54, 1.807) is 24.0 Å². The second-order valence-electron chi connectivity index (χ2n) is 2.90. The zero-order valence-corrected chi connectivity index (χ0v) is 9.48. The zero-order chi connectivity index (χ0) is 10.4. The number of pyridine rings is 1. The molecule has 0 bridgehead atoms. The summed E-state index contributed by atoms with van der Waals surface area (Å²) in [5, 5.41) is 9.99. The first-order valence-corrected chi connectivity index (χ1v) is 5.76. The molecular formula is C10H11ClN2S. The summed E-state index contributed by atoms with van der Waals surface area (Å²) in [6.45, 7) is 2.12. The lowest BCUT2D eigenvalue weighted by Crippen LogP contribution is -1.97. The second kappa shape index (κ2) is 5.90. The van der Waals surface area contributed by atoms with Gasteiger partial charge in [-0.15, -0.1) is 23.4 Å². The van der Waals surface area contributed by atoms with Gasteiger partial charge in [-0.3, -0.25) is 0 Å². The van der Waals surface area contributed by atoms with Gasteiger partial charge in [0.2, 0.25) is 0 Å². The smallest absolute Gasteiger partial charge is 0.101 e. The molecule has 0 aliphatic rings. The standard InChI is InChI=1S/C10H11ClN2S/c1-8(4-5-11)14-10-3-2-9(6-12)7-13-10/h2-3,7-8H,4-5H2,1H3. The molecule has 14 heavy (non-hydrogen) atoms. The molecule has 0 aliphatic carbocycles. The highest BCUT2D eigenvalue weighted by Crippen LogP contribution is 2.23. The van der Waals surface area contributed by atoms with E-state index in [0.717, 1.165) is 11.4 Å². The van der Waals surface area contributed by atoms with E-state index < -0.39 is 0 Å². The largest absolute Gasteiger partial charge is 0.249 e. The van der Waals surface area contributed by atoms with Crippen LogP contribution in [-0.2, 0) is 0 Å². The number of nitrogens with zero attached hydrogens (tertiary/aromatic N) is 2. The summed E-state index contributed by atoms with van der Waals surface area (Å²) in [5.41, 5.74) is 0.597. The molecular weight excluding hydrogens is 216 g/mol. The predicted molar refractivity (Wildman–Crippen MR) is 59.6 cm³/mol. The first-order chi connectivity index (χ1) is 6.76. The van der Waals surface area contributed by atoms with Crippen molar-refractivity contribution in [2.24, 2.45) is 0 Å².